The molecule has 0 bridgehead atoms. The summed E-state index contributed by atoms with van der Waals surface area (Å²) in [5.74, 6) is 0.904. The quantitative estimate of drug-likeness (QED) is 0.662. The maximum Gasteiger partial charge on any atom is 0.136 e. The lowest BCUT2D eigenvalue weighted by Crippen LogP contribution is -2.20. The topological polar surface area (TPSA) is 30.5 Å². The predicted octanol–water partition coefficient (Wildman–Crippen LogP) is 4.25. The first-order chi connectivity index (χ1) is 11.2. The van der Waals surface area contributed by atoms with Gasteiger partial charge in [-0.1, -0.05) is 36.4 Å². The molecule has 0 heterocycles. The van der Waals surface area contributed by atoms with Crippen molar-refractivity contribution in [1.29, 1.82) is 0 Å². The van der Waals surface area contributed by atoms with Crippen LogP contribution in [-0.2, 0) is 11.3 Å². The molecule has 3 nitrogen and oxygen atoms in total. The Morgan fingerprint density at radius 2 is 1.78 bits per heavy atom. The van der Waals surface area contributed by atoms with Crippen molar-refractivity contribution in [2.45, 2.75) is 20.4 Å². The number of halogens is 1. The minimum atomic E-state index is 0.557. The Balaban J connectivity index is 1.56. The third kappa shape index (κ3) is 6.34. The van der Waals surface area contributed by atoms with Gasteiger partial charge < -0.3 is 14.8 Å². The molecule has 0 aliphatic rings. The van der Waals surface area contributed by atoms with Crippen LogP contribution in [0.15, 0.2) is 46.9 Å². The van der Waals surface area contributed by atoms with Crippen molar-refractivity contribution in [3.05, 3.63) is 63.6 Å². The van der Waals surface area contributed by atoms with Crippen LogP contribution in [0.3, 0.4) is 0 Å². The highest BCUT2D eigenvalue weighted by Gasteiger charge is 2.05. The Kier molecular flexibility index (Phi) is 7.59. The van der Waals surface area contributed by atoms with Crippen molar-refractivity contribution >= 4 is 15.9 Å². The van der Waals surface area contributed by atoms with E-state index in [2.05, 4.69) is 71.5 Å². The zero-order valence-corrected chi connectivity index (χ0v) is 15.4. The molecule has 0 aliphatic heterocycles. The van der Waals surface area contributed by atoms with Crippen molar-refractivity contribution in [2.75, 3.05) is 26.4 Å². The molecular formula is C19H24BrNO2. The van der Waals surface area contributed by atoms with E-state index < -0.39 is 0 Å². The highest BCUT2D eigenvalue weighted by atomic mass is 79.9. The Bertz CT molecular complexity index is 579. The maximum atomic E-state index is 5.81. The molecule has 4 heteroatoms. The van der Waals surface area contributed by atoms with Crippen molar-refractivity contribution in [2.24, 2.45) is 0 Å². The van der Waals surface area contributed by atoms with Crippen molar-refractivity contribution < 1.29 is 9.47 Å². The molecule has 2 aromatic carbocycles. The van der Waals surface area contributed by atoms with Crippen LogP contribution in [0.5, 0.6) is 5.75 Å². The molecule has 2 aromatic rings. The molecule has 0 saturated carbocycles. The zero-order chi connectivity index (χ0) is 16.5. The molecule has 0 radical (unpaired) electrons. The molecule has 0 fully saturated rings. The van der Waals surface area contributed by atoms with Crippen LogP contribution < -0.4 is 10.1 Å². The van der Waals surface area contributed by atoms with E-state index in [0.717, 1.165) is 28.9 Å². The number of rotatable bonds is 9. The van der Waals surface area contributed by atoms with E-state index in [0.29, 0.717) is 19.8 Å². The van der Waals surface area contributed by atoms with Gasteiger partial charge in [-0.3, -0.25) is 0 Å². The van der Waals surface area contributed by atoms with Gasteiger partial charge in [0.05, 0.1) is 17.7 Å². The van der Waals surface area contributed by atoms with E-state index in [1.807, 2.05) is 6.07 Å². The lowest BCUT2D eigenvalue weighted by molar-refractivity contribution is 0.101. The fourth-order valence-electron chi connectivity index (χ4n) is 2.36. The van der Waals surface area contributed by atoms with Gasteiger partial charge in [-0.15, -0.1) is 0 Å². The van der Waals surface area contributed by atoms with Gasteiger partial charge in [-0.05, 0) is 52.5 Å². The second kappa shape index (κ2) is 9.71. The summed E-state index contributed by atoms with van der Waals surface area (Å²) in [4.78, 5) is 0. The van der Waals surface area contributed by atoms with Gasteiger partial charge in [0.2, 0.25) is 0 Å². The molecule has 2 rings (SSSR count). The van der Waals surface area contributed by atoms with Crippen LogP contribution in [0.25, 0.3) is 0 Å². The monoisotopic (exact) mass is 377 g/mol. The third-order valence-electron chi connectivity index (χ3n) is 3.44. The van der Waals surface area contributed by atoms with E-state index in [9.17, 15) is 0 Å². The van der Waals surface area contributed by atoms with Crippen LogP contribution in [-0.4, -0.2) is 26.4 Å². The first kappa shape index (κ1) is 18.0. The number of hydrogen-bond acceptors (Lipinski definition) is 3. The summed E-state index contributed by atoms with van der Waals surface area (Å²) in [5.41, 5.74) is 3.65. The van der Waals surface area contributed by atoms with Crippen LogP contribution in [0, 0.1) is 13.8 Å². The fourth-order valence-corrected chi connectivity index (χ4v) is 3.15. The number of hydrogen-bond donors (Lipinski definition) is 1. The molecule has 0 atom stereocenters. The minimum Gasteiger partial charge on any atom is -0.490 e. The van der Waals surface area contributed by atoms with Gasteiger partial charge >= 0.3 is 0 Å². The molecule has 0 aromatic heterocycles. The Morgan fingerprint density at radius 3 is 2.52 bits per heavy atom. The Morgan fingerprint density at radius 1 is 1.00 bits per heavy atom. The molecule has 0 saturated heterocycles. The van der Waals surface area contributed by atoms with E-state index in [1.54, 1.807) is 0 Å². The molecule has 1 N–H and O–H groups in total. The van der Waals surface area contributed by atoms with Crippen molar-refractivity contribution in [1.82, 2.24) is 5.32 Å². The van der Waals surface area contributed by atoms with Gasteiger partial charge in [-0.25, -0.2) is 0 Å². The van der Waals surface area contributed by atoms with Gasteiger partial charge in [0.25, 0.3) is 0 Å². The summed E-state index contributed by atoms with van der Waals surface area (Å²) in [7, 11) is 0. The average Bonchev–Trinajstić information content (AvgIpc) is 2.53. The van der Waals surface area contributed by atoms with Crippen LogP contribution in [0.2, 0.25) is 0 Å². The fraction of sp³-hybridized carbons (Fsp3) is 0.368. The Hall–Kier alpha value is -1.36. The zero-order valence-electron chi connectivity index (χ0n) is 13.8. The summed E-state index contributed by atoms with van der Waals surface area (Å²) in [6.07, 6.45) is 0. The summed E-state index contributed by atoms with van der Waals surface area (Å²) in [6, 6.07) is 14.5. The summed E-state index contributed by atoms with van der Waals surface area (Å²) in [6.45, 7) is 7.67. The van der Waals surface area contributed by atoms with E-state index in [1.165, 1.54) is 11.1 Å². The largest absolute Gasteiger partial charge is 0.490 e. The van der Waals surface area contributed by atoms with Gasteiger partial charge in [0, 0.05) is 13.1 Å². The molecular weight excluding hydrogens is 354 g/mol. The third-order valence-corrected chi connectivity index (χ3v) is 4.03. The smallest absolute Gasteiger partial charge is 0.136 e. The number of ether oxygens (including phenoxy) is 2. The van der Waals surface area contributed by atoms with E-state index in [4.69, 9.17) is 9.47 Å². The summed E-state index contributed by atoms with van der Waals surface area (Å²) in [5, 5.41) is 3.36. The van der Waals surface area contributed by atoms with Gasteiger partial charge in [0.1, 0.15) is 12.4 Å². The second-order valence-corrected chi connectivity index (χ2v) is 6.37. The average molecular weight is 378 g/mol. The molecule has 0 amide bonds. The van der Waals surface area contributed by atoms with Crippen LogP contribution in [0.1, 0.15) is 16.7 Å². The highest BCUT2D eigenvalue weighted by molar-refractivity contribution is 9.10. The van der Waals surface area contributed by atoms with Gasteiger partial charge in [0.15, 0.2) is 0 Å². The SMILES string of the molecule is Cc1cc(C)c(OCCOCCNCc2ccccc2)c(Br)c1. The highest BCUT2D eigenvalue weighted by Crippen LogP contribution is 2.29. The minimum absolute atomic E-state index is 0.557. The lowest BCUT2D eigenvalue weighted by atomic mass is 10.1. The van der Waals surface area contributed by atoms with E-state index >= 15 is 0 Å². The predicted molar refractivity (Wildman–Crippen MR) is 98.1 cm³/mol. The molecule has 0 aliphatic carbocycles. The Labute approximate surface area is 147 Å². The molecule has 0 spiro atoms. The van der Waals surface area contributed by atoms with Crippen molar-refractivity contribution in [3.8, 4) is 5.75 Å². The first-order valence-electron chi connectivity index (χ1n) is 7.89. The van der Waals surface area contributed by atoms with Crippen molar-refractivity contribution in [3.63, 3.8) is 0 Å². The second-order valence-electron chi connectivity index (χ2n) is 5.52. The molecule has 124 valence electrons. The van der Waals surface area contributed by atoms with E-state index in [-0.39, 0.29) is 0 Å². The van der Waals surface area contributed by atoms with Crippen LogP contribution in [0.4, 0.5) is 0 Å². The number of benzene rings is 2. The number of aryl methyl sites for hydroxylation is 2. The molecule has 23 heavy (non-hydrogen) atoms. The standard InChI is InChI=1S/C19H24BrNO2/c1-15-12-16(2)19(18(20)13-15)23-11-10-22-9-8-21-14-17-6-4-3-5-7-17/h3-7,12-13,21H,8-11,14H2,1-2H3. The van der Waals surface area contributed by atoms with Crippen LogP contribution >= 0.6 is 15.9 Å². The normalized spacial score (nSPS) is 10.7. The molecule has 0 unspecified atom stereocenters. The first-order valence-corrected chi connectivity index (χ1v) is 8.68. The lowest BCUT2D eigenvalue weighted by Gasteiger charge is -2.12. The number of nitrogens with one attached hydrogen (secondary N) is 1. The maximum absolute atomic E-state index is 5.81. The summed E-state index contributed by atoms with van der Waals surface area (Å²) >= 11 is 3.55. The van der Waals surface area contributed by atoms with Gasteiger partial charge in [-0.2, -0.15) is 0 Å². The summed E-state index contributed by atoms with van der Waals surface area (Å²) < 4.78 is 12.4.